The van der Waals surface area contributed by atoms with E-state index in [0.717, 1.165) is 31.6 Å². The van der Waals surface area contributed by atoms with Crippen molar-refractivity contribution in [2.24, 2.45) is 0 Å². The fourth-order valence-electron chi connectivity index (χ4n) is 3.15. The molecule has 4 nitrogen and oxygen atoms in total. The molecule has 2 atom stereocenters. The molecule has 4 heteroatoms. The predicted molar refractivity (Wildman–Crippen MR) is 84.6 cm³/mol. The van der Waals surface area contributed by atoms with Gasteiger partial charge in [-0.3, -0.25) is 9.69 Å². The fourth-order valence-corrected chi connectivity index (χ4v) is 3.15. The quantitative estimate of drug-likeness (QED) is 0.922. The van der Waals surface area contributed by atoms with E-state index in [9.17, 15) is 9.90 Å². The molecular formula is C17H26N2O2. The molecule has 1 N–H and O–H groups in total. The van der Waals surface area contributed by atoms with Crippen LogP contribution < -0.4 is 0 Å². The molecule has 2 rings (SSSR count). The lowest BCUT2D eigenvalue weighted by Crippen LogP contribution is -2.49. The van der Waals surface area contributed by atoms with Gasteiger partial charge in [-0.05, 0) is 46.0 Å². The Hall–Kier alpha value is -1.39. The van der Waals surface area contributed by atoms with Crippen molar-refractivity contribution in [3.63, 3.8) is 0 Å². The molecule has 0 amide bonds. The molecule has 0 bridgehead atoms. The lowest BCUT2D eigenvalue weighted by Gasteiger charge is -2.35. The van der Waals surface area contributed by atoms with Crippen molar-refractivity contribution in [2.45, 2.75) is 31.7 Å². The maximum Gasteiger partial charge on any atom is 0.315 e. The van der Waals surface area contributed by atoms with Crippen molar-refractivity contribution < 1.29 is 9.90 Å². The molecule has 0 aliphatic carbocycles. The third kappa shape index (κ3) is 3.63. The molecule has 0 radical (unpaired) electrons. The highest BCUT2D eigenvalue weighted by atomic mass is 16.4. The molecule has 1 aliphatic heterocycles. The Morgan fingerprint density at radius 1 is 1.33 bits per heavy atom. The van der Waals surface area contributed by atoms with Gasteiger partial charge >= 0.3 is 5.97 Å². The second-order valence-electron chi connectivity index (χ2n) is 6.44. The molecule has 0 saturated carbocycles. The van der Waals surface area contributed by atoms with Crippen molar-refractivity contribution in [2.75, 3.05) is 33.2 Å². The zero-order chi connectivity index (χ0) is 15.5. The summed E-state index contributed by atoms with van der Waals surface area (Å²) in [7, 11) is 2.13. The topological polar surface area (TPSA) is 43.8 Å². The molecule has 1 aromatic rings. The lowest BCUT2D eigenvalue weighted by molar-refractivity contribution is -0.144. The second-order valence-corrected chi connectivity index (χ2v) is 6.44. The number of carbonyl (C=O) groups is 1. The number of carboxylic acids is 1. The second kappa shape index (κ2) is 6.58. The number of aliphatic carboxylic acids is 1. The van der Waals surface area contributed by atoms with Crippen LogP contribution in [0.3, 0.4) is 0 Å². The molecular weight excluding hydrogens is 264 g/mol. The zero-order valence-electron chi connectivity index (χ0n) is 13.2. The number of hydrogen-bond acceptors (Lipinski definition) is 3. The summed E-state index contributed by atoms with van der Waals surface area (Å²) in [5.41, 5.74) is 0.0145. The smallest absolute Gasteiger partial charge is 0.315 e. The standard InChI is InChI=1S/C17H26N2O2/c1-14-12-18(3)10-7-11-19(14)13-17(2,16(20)21)15-8-5-4-6-9-15/h4-6,8-9,14H,7,10-13H2,1-3H3,(H,20,21). The van der Waals surface area contributed by atoms with Gasteiger partial charge in [0.15, 0.2) is 0 Å². The predicted octanol–water partition coefficient (Wildman–Crippen LogP) is 2.05. The van der Waals surface area contributed by atoms with Crippen LogP contribution in [-0.2, 0) is 10.2 Å². The summed E-state index contributed by atoms with van der Waals surface area (Å²) in [4.78, 5) is 16.6. The summed E-state index contributed by atoms with van der Waals surface area (Å²) in [6, 6.07) is 9.97. The number of benzene rings is 1. The highest BCUT2D eigenvalue weighted by Gasteiger charge is 2.38. The van der Waals surface area contributed by atoms with E-state index in [1.54, 1.807) is 0 Å². The number of nitrogens with zero attached hydrogens (tertiary/aromatic N) is 2. The summed E-state index contributed by atoms with van der Waals surface area (Å²) in [5.74, 6) is -0.751. The monoisotopic (exact) mass is 290 g/mol. The lowest BCUT2D eigenvalue weighted by atomic mass is 9.81. The minimum atomic E-state index is -0.863. The number of rotatable bonds is 4. The Kier molecular flexibility index (Phi) is 5.01. The molecule has 0 aromatic heterocycles. The van der Waals surface area contributed by atoms with E-state index >= 15 is 0 Å². The van der Waals surface area contributed by atoms with Gasteiger partial charge in [-0.15, -0.1) is 0 Å². The van der Waals surface area contributed by atoms with E-state index < -0.39 is 11.4 Å². The molecule has 1 aliphatic rings. The molecule has 1 fully saturated rings. The van der Waals surface area contributed by atoms with Crippen LogP contribution in [-0.4, -0.2) is 60.1 Å². The first kappa shape index (κ1) is 16.0. The summed E-state index contributed by atoms with van der Waals surface area (Å²) >= 11 is 0. The number of hydrogen-bond donors (Lipinski definition) is 1. The van der Waals surface area contributed by atoms with Crippen LogP contribution in [0.15, 0.2) is 30.3 Å². The fraction of sp³-hybridized carbons (Fsp3) is 0.588. The average Bonchev–Trinajstić information content (AvgIpc) is 2.61. The van der Waals surface area contributed by atoms with Crippen molar-refractivity contribution in [3.05, 3.63) is 35.9 Å². The Bertz CT molecular complexity index is 477. The first-order valence-corrected chi connectivity index (χ1v) is 7.65. The van der Waals surface area contributed by atoms with Gasteiger partial charge in [0, 0.05) is 19.1 Å². The van der Waals surface area contributed by atoms with Crippen molar-refractivity contribution in [1.82, 2.24) is 9.80 Å². The van der Waals surface area contributed by atoms with Crippen LogP contribution in [0, 0.1) is 0 Å². The first-order chi connectivity index (χ1) is 9.93. The maximum absolute atomic E-state index is 11.9. The number of likely N-dealkylation sites (N-methyl/N-ethyl adjacent to an activating group) is 1. The molecule has 1 heterocycles. The Morgan fingerprint density at radius 3 is 2.62 bits per heavy atom. The zero-order valence-corrected chi connectivity index (χ0v) is 13.2. The van der Waals surface area contributed by atoms with Crippen LogP contribution in [0.25, 0.3) is 0 Å². The van der Waals surface area contributed by atoms with E-state index in [-0.39, 0.29) is 0 Å². The van der Waals surface area contributed by atoms with Crippen LogP contribution in [0.2, 0.25) is 0 Å². The molecule has 1 saturated heterocycles. The van der Waals surface area contributed by atoms with Gasteiger partial charge in [0.2, 0.25) is 0 Å². The molecule has 2 unspecified atom stereocenters. The third-order valence-electron chi connectivity index (χ3n) is 4.59. The highest BCUT2D eigenvalue weighted by molar-refractivity contribution is 5.81. The number of carboxylic acid groups (broad SMARTS) is 1. The third-order valence-corrected chi connectivity index (χ3v) is 4.59. The minimum Gasteiger partial charge on any atom is -0.481 e. The van der Waals surface area contributed by atoms with E-state index in [0.29, 0.717) is 12.6 Å². The normalized spacial score (nSPS) is 24.2. The Morgan fingerprint density at radius 2 is 2.00 bits per heavy atom. The van der Waals surface area contributed by atoms with E-state index in [1.165, 1.54) is 0 Å². The molecule has 1 aromatic carbocycles. The minimum absolute atomic E-state index is 0.375. The van der Waals surface area contributed by atoms with Crippen LogP contribution in [0.5, 0.6) is 0 Å². The van der Waals surface area contributed by atoms with Gasteiger partial charge in [-0.2, -0.15) is 0 Å². The molecule has 0 spiro atoms. The maximum atomic E-state index is 11.9. The van der Waals surface area contributed by atoms with Crippen molar-refractivity contribution in [3.8, 4) is 0 Å². The first-order valence-electron chi connectivity index (χ1n) is 7.65. The Balaban J connectivity index is 2.22. The van der Waals surface area contributed by atoms with Crippen LogP contribution >= 0.6 is 0 Å². The summed E-state index contributed by atoms with van der Waals surface area (Å²) < 4.78 is 0. The average molecular weight is 290 g/mol. The highest BCUT2D eigenvalue weighted by Crippen LogP contribution is 2.27. The van der Waals surface area contributed by atoms with Gasteiger partial charge < -0.3 is 10.0 Å². The van der Waals surface area contributed by atoms with E-state index in [4.69, 9.17) is 0 Å². The summed E-state index contributed by atoms with van der Waals surface area (Å²) in [6.45, 7) is 7.62. The van der Waals surface area contributed by atoms with E-state index in [2.05, 4.69) is 23.8 Å². The van der Waals surface area contributed by atoms with Gasteiger partial charge in [-0.25, -0.2) is 0 Å². The molecule has 116 valence electrons. The van der Waals surface area contributed by atoms with Gasteiger partial charge in [-0.1, -0.05) is 30.3 Å². The van der Waals surface area contributed by atoms with Gasteiger partial charge in [0.1, 0.15) is 5.41 Å². The summed E-state index contributed by atoms with van der Waals surface area (Å²) in [5, 5.41) is 9.79. The SMILES string of the molecule is CC1CN(C)CCCN1CC(C)(C(=O)O)c1ccccc1. The Labute approximate surface area is 127 Å². The van der Waals surface area contributed by atoms with Gasteiger partial charge in [0.25, 0.3) is 0 Å². The summed E-state index contributed by atoms with van der Waals surface area (Å²) in [6.07, 6.45) is 1.09. The van der Waals surface area contributed by atoms with Crippen LogP contribution in [0.4, 0.5) is 0 Å². The molecule has 21 heavy (non-hydrogen) atoms. The van der Waals surface area contributed by atoms with Gasteiger partial charge in [0.05, 0.1) is 0 Å². The van der Waals surface area contributed by atoms with Crippen LogP contribution in [0.1, 0.15) is 25.8 Å². The van der Waals surface area contributed by atoms with Crippen molar-refractivity contribution >= 4 is 5.97 Å². The largest absolute Gasteiger partial charge is 0.481 e. The van der Waals surface area contributed by atoms with Crippen molar-refractivity contribution in [1.29, 1.82) is 0 Å². The van der Waals surface area contributed by atoms with E-state index in [1.807, 2.05) is 37.3 Å².